The molecule has 0 saturated heterocycles. The van der Waals surface area contributed by atoms with Gasteiger partial charge in [-0.25, -0.2) is 0 Å². The first-order valence-electron chi connectivity index (χ1n) is 3.50. The van der Waals surface area contributed by atoms with E-state index in [-0.39, 0.29) is 0 Å². The summed E-state index contributed by atoms with van der Waals surface area (Å²) >= 11 is 0. The lowest BCUT2D eigenvalue weighted by Gasteiger charge is -2.14. The molecule has 0 saturated carbocycles. The van der Waals surface area contributed by atoms with Crippen molar-refractivity contribution in [3.8, 4) is 0 Å². The number of hydrogen-bond donors (Lipinski definition) is 0. The molecule has 0 aromatic carbocycles. The summed E-state index contributed by atoms with van der Waals surface area (Å²) < 4.78 is 0. The van der Waals surface area contributed by atoms with Crippen molar-refractivity contribution in [2.45, 2.75) is 26.2 Å². The van der Waals surface area contributed by atoms with Crippen LogP contribution in [0.1, 0.15) is 26.2 Å². The Labute approximate surface area is 55.8 Å². The standard InChI is InChI=1S/C8H12O/c1-7-4-2-3-5-8(7)6-9/h5-7H,2-4H2,1H3. The summed E-state index contributed by atoms with van der Waals surface area (Å²) in [6.07, 6.45) is 6.58. The van der Waals surface area contributed by atoms with E-state index in [2.05, 4.69) is 13.0 Å². The molecule has 9 heavy (non-hydrogen) atoms. The zero-order valence-corrected chi connectivity index (χ0v) is 5.76. The Bertz CT molecular complexity index is 136. The van der Waals surface area contributed by atoms with E-state index in [1.807, 2.05) is 0 Å². The van der Waals surface area contributed by atoms with Crippen molar-refractivity contribution in [3.63, 3.8) is 0 Å². The summed E-state index contributed by atoms with van der Waals surface area (Å²) in [4.78, 5) is 10.3. The van der Waals surface area contributed by atoms with Crippen LogP contribution in [0.5, 0.6) is 0 Å². The van der Waals surface area contributed by atoms with Gasteiger partial charge in [0.2, 0.25) is 0 Å². The molecule has 0 amide bonds. The number of carbonyl (C=O) groups excluding carboxylic acids is 1. The zero-order chi connectivity index (χ0) is 6.69. The molecule has 1 nitrogen and oxygen atoms in total. The van der Waals surface area contributed by atoms with Gasteiger partial charge in [-0.2, -0.15) is 0 Å². The molecule has 0 bridgehead atoms. The highest BCUT2D eigenvalue weighted by Crippen LogP contribution is 2.21. The van der Waals surface area contributed by atoms with E-state index < -0.39 is 0 Å². The van der Waals surface area contributed by atoms with Crippen LogP contribution in [0.25, 0.3) is 0 Å². The Morgan fingerprint density at radius 3 is 3.00 bits per heavy atom. The maximum Gasteiger partial charge on any atom is 0.145 e. The fraction of sp³-hybridized carbons (Fsp3) is 0.625. The van der Waals surface area contributed by atoms with E-state index in [4.69, 9.17) is 0 Å². The Hall–Kier alpha value is -0.590. The molecule has 1 heteroatoms. The third kappa shape index (κ3) is 1.41. The van der Waals surface area contributed by atoms with Gasteiger partial charge in [0.05, 0.1) is 0 Å². The van der Waals surface area contributed by atoms with E-state index in [1.54, 1.807) is 0 Å². The summed E-state index contributed by atoms with van der Waals surface area (Å²) in [6.45, 7) is 2.11. The molecule has 50 valence electrons. The predicted octanol–water partition coefficient (Wildman–Crippen LogP) is 1.93. The highest BCUT2D eigenvalue weighted by Gasteiger charge is 2.10. The molecule has 1 atom stereocenters. The number of aldehydes is 1. The summed E-state index contributed by atoms with van der Waals surface area (Å²) in [5.74, 6) is 0.510. The maximum absolute atomic E-state index is 10.3. The Balaban J connectivity index is 2.63. The molecule has 0 aromatic rings. The summed E-state index contributed by atoms with van der Waals surface area (Å²) in [5, 5.41) is 0. The topological polar surface area (TPSA) is 17.1 Å². The first-order chi connectivity index (χ1) is 4.34. The van der Waals surface area contributed by atoms with Crippen LogP contribution in [-0.2, 0) is 4.79 Å². The van der Waals surface area contributed by atoms with Crippen molar-refractivity contribution in [3.05, 3.63) is 11.6 Å². The summed E-state index contributed by atoms with van der Waals surface area (Å²) in [5.41, 5.74) is 1.00. The lowest BCUT2D eigenvalue weighted by molar-refractivity contribution is -0.105. The van der Waals surface area contributed by atoms with Gasteiger partial charge in [0.1, 0.15) is 6.29 Å². The average molecular weight is 124 g/mol. The number of rotatable bonds is 1. The van der Waals surface area contributed by atoms with Gasteiger partial charge in [0, 0.05) is 0 Å². The van der Waals surface area contributed by atoms with E-state index in [1.165, 1.54) is 12.8 Å². The van der Waals surface area contributed by atoms with Crippen LogP contribution in [0.15, 0.2) is 11.6 Å². The maximum atomic E-state index is 10.3. The van der Waals surface area contributed by atoms with Crippen LogP contribution in [0.4, 0.5) is 0 Å². The normalized spacial score (nSPS) is 27.2. The minimum absolute atomic E-state index is 0.510. The van der Waals surface area contributed by atoms with Crippen LogP contribution >= 0.6 is 0 Å². The van der Waals surface area contributed by atoms with Crippen LogP contribution in [0.3, 0.4) is 0 Å². The van der Waals surface area contributed by atoms with E-state index in [0.717, 1.165) is 18.3 Å². The molecule has 0 radical (unpaired) electrons. The molecule has 1 unspecified atom stereocenters. The molecule has 1 aliphatic carbocycles. The Morgan fingerprint density at radius 2 is 2.56 bits per heavy atom. The lowest BCUT2D eigenvalue weighted by Crippen LogP contribution is -2.04. The minimum atomic E-state index is 0.510. The number of carbonyl (C=O) groups is 1. The van der Waals surface area contributed by atoms with Gasteiger partial charge in [0.25, 0.3) is 0 Å². The van der Waals surface area contributed by atoms with Crippen molar-refractivity contribution in [1.29, 1.82) is 0 Å². The fourth-order valence-electron chi connectivity index (χ4n) is 1.22. The van der Waals surface area contributed by atoms with Gasteiger partial charge in [-0.3, -0.25) is 4.79 Å². The van der Waals surface area contributed by atoms with Gasteiger partial charge in [-0.05, 0) is 30.8 Å². The first kappa shape index (κ1) is 6.53. The third-order valence-electron chi connectivity index (χ3n) is 1.93. The summed E-state index contributed by atoms with van der Waals surface area (Å²) in [6, 6.07) is 0. The van der Waals surface area contributed by atoms with E-state index in [0.29, 0.717) is 5.92 Å². The van der Waals surface area contributed by atoms with Crippen molar-refractivity contribution < 1.29 is 4.79 Å². The second-order valence-electron chi connectivity index (χ2n) is 2.65. The SMILES string of the molecule is CC1CCCC=C1C=O. The number of hydrogen-bond acceptors (Lipinski definition) is 1. The van der Waals surface area contributed by atoms with Gasteiger partial charge >= 0.3 is 0 Å². The van der Waals surface area contributed by atoms with Gasteiger partial charge in [0.15, 0.2) is 0 Å². The van der Waals surface area contributed by atoms with Crippen LogP contribution in [-0.4, -0.2) is 6.29 Å². The second kappa shape index (κ2) is 2.81. The van der Waals surface area contributed by atoms with Crippen LogP contribution < -0.4 is 0 Å². The molecule has 0 N–H and O–H groups in total. The number of allylic oxidation sites excluding steroid dienone is 2. The Kier molecular flexibility index (Phi) is 2.04. The molecular weight excluding hydrogens is 112 g/mol. The van der Waals surface area contributed by atoms with E-state index in [9.17, 15) is 4.79 Å². The minimum Gasteiger partial charge on any atom is -0.298 e. The monoisotopic (exact) mass is 124 g/mol. The van der Waals surface area contributed by atoms with Crippen molar-refractivity contribution >= 4 is 6.29 Å². The van der Waals surface area contributed by atoms with Crippen molar-refractivity contribution in [2.24, 2.45) is 5.92 Å². The Morgan fingerprint density at radius 1 is 1.78 bits per heavy atom. The van der Waals surface area contributed by atoms with Gasteiger partial charge < -0.3 is 0 Å². The van der Waals surface area contributed by atoms with Gasteiger partial charge in [-0.15, -0.1) is 0 Å². The molecule has 0 aliphatic heterocycles. The van der Waals surface area contributed by atoms with Gasteiger partial charge in [-0.1, -0.05) is 13.0 Å². The molecule has 1 rings (SSSR count). The van der Waals surface area contributed by atoms with E-state index >= 15 is 0 Å². The highest BCUT2D eigenvalue weighted by molar-refractivity contribution is 5.74. The zero-order valence-electron chi connectivity index (χ0n) is 5.76. The van der Waals surface area contributed by atoms with Crippen molar-refractivity contribution in [1.82, 2.24) is 0 Å². The fourth-order valence-corrected chi connectivity index (χ4v) is 1.22. The molecule has 0 aromatic heterocycles. The molecule has 0 spiro atoms. The lowest BCUT2D eigenvalue weighted by atomic mass is 9.90. The summed E-state index contributed by atoms with van der Waals surface area (Å²) in [7, 11) is 0. The first-order valence-corrected chi connectivity index (χ1v) is 3.50. The quantitative estimate of drug-likeness (QED) is 0.488. The average Bonchev–Trinajstić information content (AvgIpc) is 1.89. The predicted molar refractivity (Wildman–Crippen MR) is 37.2 cm³/mol. The largest absolute Gasteiger partial charge is 0.298 e. The molecular formula is C8H12O. The molecule has 1 aliphatic rings. The second-order valence-corrected chi connectivity index (χ2v) is 2.65. The molecule has 0 fully saturated rings. The third-order valence-corrected chi connectivity index (χ3v) is 1.93. The van der Waals surface area contributed by atoms with Crippen LogP contribution in [0.2, 0.25) is 0 Å². The highest BCUT2D eigenvalue weighted by atomic mass is 16.1. The smallest absolute Gasteiger partial charge is 0.145 e. The molecule has 0 heterocycles. The van der Waals surface area contributed by atoms with Crippen LogP contribution in [0, 0.1) is 5.92 Å². The van der Waals surface area contributed by atoms with Crippen molar-refractivity contribution in [2.75, 3.05) is 0 Å².